The number of Topliss-reactive ketones (excluding diaryl/α,β-unsaturated/α-hetero) is 1. The number of carbonyl (C=O) groups excluding carboxylic acids is 3. The van der Waals surface area contributed by atoms with Gasteiger partial charge in [-0.05, 0) is 57.9 Å². The first-order valence-corrected chi connectivity index (χ1v) is 8.45. The highest BCUT2D eigenvalue weighted by molar-refractivity contribution is 5.98. The second kappa shape index (κ2) is 8.65. The van der Waals surface area contributed by atoms with Crippen molar-refractivity contribution in [1.82, 2.24) is 5.32 Å². The molecule has 2 N–H and O–H groups in total. The molecule has 0 aromatic heterocycles. The number of anilines is 1. The summed E-state index contributed by atoms with van der Waals surface area (Å²) in [5.41, 5.74) is 0.501. The molecule has 0 fully saturated rings. The number of carbonyl (C=O) groups is 3. The van der Waals surface area contributed by atoms with Crippen LogP contribution in [0.25, 0.3) is 0 Å². The summed E-state index contributed by atoms with van der Waals surface area (Å²) in [6, 6.07) is 5.91. The monoisotopic (exact) mass is 348 g/mol. The van der Waals surface area contributed by atoms with Crippen LogP contribution in [0, 0.1) is 5.92 Å². The van der Waals surface area contributed by atoms with Gasteiger partial charge in [-0.3, -0.25) is 9.59 Å². The van der Waals surface area contributed by atoms with Crippen molar-refractivity contribution in [3.8, 4) is 0 Å². The van der Waals surface area contributed by atoms with E-state index in [1.807, 2.05) is 13.8 Å². The number of benzene rings is 1. The summed E-state index contributed by atoms with van der Waals surface area (Å²) in [5.74, 6) is -0.429. The molecule has 0 saturated carbocycles. The van der Waals surface area contributed by atoms with E-state index in [9.17, 15) is 14.4 Å². The Hall–Kier alpha value is -2.37. The van der Waals surface area contributed by atoms with Gasteiger partial charge in [0.15, 0.2) is 5.78 Å². The van der Waals surface area contributed by atoms with Crippen LogP contribution >= 0.6 is 0 Å². The average molecular weight is 348 g/mol. The molecule has 6 nitrogen and oxygen atoms in total. The van der Waals surface area contributed by atoms with Gasteiger partial charge in [0.25, 0.3) is 0 Å². The van der Waals surface area contributed by atoms with Crippen LogP contribution in [0.4, 0.5) is 10.5 Å². The fourth-order valence-electron chi connectivity index (χ4n) is 2.14. The second-order valence-electron chi connectivity index (χ2n) is 7.13. The number of rotatable bonds is 6. The molecule has 138 valence electrons. The van der Waals surface area contributed by atoms with E-state index >= 15 is 0 Å². The third-order valence-corrected chi connectivity index (χ3v) is 3.73. The number of hydrogen-bond acceptors (Lipinski definition) is 4. The Kier molecular flexibility index (Phi) is 7.15. The number of hydrogen-bond donors (Lipinski definition) is 2. The van der Waals surface area contributed by atoms with Crippen LogP contribution in [-0.2, 0) is 9.53 Å². The predicted octanol–water partition coefficient (Wildman–Crippen LogP) is 3.77. The lowest BCUT2D eigenvalue weighted by molar-refractivity contribution is -0.119. The molecule has 0 heterocycles. The van der Waals surface area contributed by atoms with Gasteiger partial charge in [-0.2, -0.15) is 0 Å². The summed E-state index contributed by atoms with van der Waals surface area (Å²) < 4.78 is 5.24. The van der Waals surface area contributed by atoms with Crippen molar-refractivity contribution >= 4 is 23.5 Å². The lowest BCUT2D eigenvalue weighted by Crippen LogP contribution is -2.49. The Morgan fingerprint density at radius 1 is 1.12 bits per heavy atom. The van der Waals surface area contributed by atoms with Gasteiger partial charge in [0.05, 0.1) is 0 Å². The standard InChI is InChI=1S/C19H28N2O4/c1-7-12(2)16(21-18(24)25-19(4,5)6)17(23)20-15-10-8-14(9-11-15)13(3)22/h8-12,16H,7H2,1-6H3,(H,20,23)(H,21,24). The summed E-state index contributed by atoms with van der Waals surface area (Å²) in [7, 11) is 0. The number of ketones is 1. The zero-order valence-corrected chi connectivity index (χ0v) is 15.8. The SMILES string of the molecule is CCC(C)C(NC(=O)OC(C)(C)C)C(=O)Nc1ccc(C(C)=O)cc1. The van der Waals surface area contributed by atoms with E-state index in [2.05, 4.69) is 10.6 Å². The van der Waals surface area contributed by atoms with E-state index in [4.69, 9.17) is 4.74 Å². The highest BCUT2D eigenvalue weighted by atomic mass is 16.6. The van der Waals surface area contributed by atoms with Crippen molar-refractivity contribution in [3.05, 3.63) is 29.8 Å². The number of amides is 2. The molecule has 1 aromatic rings. The minimum atomic E-state index is -0.715. The predicted molar refractivity (Wildman–Crippen MR) is 97.7 cm³/mol. The van der Waals surface area contributed by atoms with Crippen molar-refractivity contribution in [3.63, 3.8) is 0 Å². The van der Waals surface area contributed by atoms with Crippen LogP contribution in [-0.4, -0.2) is 29.4 Å². The van der Waals surface area contributed by atoms with Gasteiger partial charge >= 0.3 is 6.09 Å². The van der Waals surface area contributed by atoms with Gasteiger partial charge in [0.1, 0.15) is 11.6 Å². The molecule has 1 rings (SSSR count). The Morgan fingerprint density at radius 3 is 2.12 bits per heavy atom. The number of nitrogens with one attached hydrogen (secondary N) is 2. The molecule has 2 atom stereocenters. The van der Waals surface area contributed by atoms with E-state index in [0.717, 1.165) is 6.42 Å². The maximum atomic E-state index is 12.6. The first-order valence-electron chi connectivity index (χ1n) is 8.45. The zero-order valence-electron chi connectivity index (χ0n) is 15.8. The third-order valence-electron chi connectivity index (χ3n) is 3.73. The van der Waals surface area contributed by atoms with Crippen LogP contribution < -0.4 is 10.6 Å². The molecule has 2 unspecified atom stereocenters. The normalized spacial score (nSPS) is 13.5. The van der Waals surface area contributed by atoms with Gasteiger partial charge in [0, 0.05) is 11.3 Å². The minimum Gasteiger partial charge on any atom is -0.444 e. The average Bonchev–Trinajstić information content (AvgIpc) is 2.50. The molecule has 0 radical (unpaired) electrons. The van der Waals surface area contributed by atoms with Crippen LogP contribution in [0.2, 0.25) is 0 Å². The Morgan fingerprint density at radius 2 is 1.68 bits per heavy atom. The summed E-state index contributed by atoms with van der Waals surface area (Å²) >= 11 is 0. The molecule has 1 aromatic carbocycles. The quantitative estimate of drug-likeness (QED) is 0.767. The van der Waals surface area contributed by atoms with Gasteiger partial charge in [-0.1, -0.05) is 20.3 Å². The first-order chi connectivity index (χ1) is 11.5. The molecule has 0 aliphatic heterocycles. The summed E-state index contributed by atoms with van der Waals surface area (Å²) in [4.78, 5) is 35.9. The molecule has 25 heavy (non-hydrogen) atoms. The van der Waals surface area contributed by atoms with Crippen LogP contribution in [0.3, 0.4) is 0 Å². The topological polar surface area (TPSA) is 84.5 Å². The summed E-state index contributed by atoms with van der Waals surface area (Å²) in [6.45, 7) is 10.6. The first kappa shape index (κ1) is 20.7. The van der Waals surface area contributed by atoms with Crippen molar-refractivity contribution in [2.45, 2.75) is 59.6 Å². The smallest absolute Gasteiger partial charge is 0.408 e. The maximum Gasteiger partial charge on any atom is 0.408 e. The van der Waals surface area contributed by atoms with Crippen molar-refractivity contribution in [2.24, 2.45) is 5.92 Å². The molecule has 0 aliphatic rings. The van der Waals surface area contributed by atoms with Gasteiger partial charge in [-0.15, -0.1) is 0 Å². The van der Waals surface area contributed by atoms with Crippen molar-refractivity contribution in [2.75, 3.05) is 5.32 Å². The van der Waals surface area contributed by atoms with Crippen LogP contribution in [0.1, 0.15) is 58.3 Å². The maximum absolute atomic E-state index is 12.6. The van der Waals surface area contributed by atoms with E-state index in [0.29, 0.717) is 11.3 Å². The van der Waals surface area contributed by atoms with Gasteiger partial charge in [0.2, 0.25) is 5.91 Å². The number of alkyl carbamates (subject to hydrolysis) is 1. The van der Waals surface area contributed by atoms with E-state index in [-0.39, 0.29) is 17.6 Å². The molecule has 0 bridgehead atoms. The molecule has 0 saturated heterocycles. The van der Waals surface area contributed by atoms with Crippen LogP contribution in [0.15, 0.2) is 24.3 Å². The minimum absolute atomic E-state index is 0.0399. The molecular weight excluding hydrogens is 320 g/mol. The summed E-state index contributed by atoms with van der Waals surface area (Å²) in [5, 5.41) is 5.42. The molecule has 0 spiro atoms. The Balaban J connectivity index is 2.82. The Labute approximate surface area is 149 Å². The molecule has 2 amide bonds. The fraction of sp³-hybridized carbons (Fsp3) is 0.526. The second-order valence-corrected chi connectivity index (χ2v) is 7.13. The Bertz CT molecular complexity index is 617. The fourth-order valence-corrected chi connectivity index (χ4v) is 2.14. The largest absolute Gasteiger partial charge is 0.444 e. The highest BCUT2D eigenvalue weighted by Crippen LogP contribution is 2.15. The lowest BCUT2D eigenvalue weighted by Gasteiger charge is -2.26. The molecular formula is C19H28N2O4. The summed E-state index contributed by atoms with van der Waals surface area (Å²) in [6.07, 6.45) is 0.0943. The lowest BCUT2D eigenvalue weighted by atomic mass is 9.98. The zero-order chi connectivity index (χ0) is 19.2. The highest BCUT2D eigenvalue weighted by Gasteiger charge is 2.28. The van der Waals surface area contributed by atoms with E-state index in [1.165, 1.54) is 6.92 Å². The van der Waals surface area contributed by atoms with E-state index < -0.39 is 17.7 Å². The third kappa shape index (κ3) is 6.95. The van der Waals surface area contributed by atoms with Gasteiger partial charge < -0.3 is 15.4 Å². The van der Waals surface area contributed by atoms with Crippen LogP contribution in [0.5, 0.6) is 0 Å². The van der Waals surface area contributed by atoms with Gasteiger partial charge in [-0.25, -0.2) is 4.79 Å². The number of ether oxygens (including phenoxy) is 1. The van der Waals surface area contributed by atoms with Crippen molar-refractivity contribution in [1.29, 1.82) is 0 Å². The van der Waals surface area contributed by atoms with E-state index in [1.54, 1.807) is 45.0 Å². The molecule has 6 heteroatoms. The van der Waals surface area contributed by atoms with Crippen molar-refractivity contribution < 1.29 is 19.1 Å². The molecule has 0 aliphatic carbocycles.